The van der Waals surface area contributed by atoms with Crippen molar-refractivity contribution in [1.29, 1.82) is 0 Å². The molecular formula is C26H32N2O3S. The molecule has 0 aromatic heterocycles. The lowest BCUT2D eigenvalue weighted by atomic mass is 9.53. The fourth-order valence-electron chi connectivity index (χ4n) is 6.80. The van der Waals surface area contributed by atoms with E-state index in [0.29, 0.717) is 29.9 Å². The van der Waals surface area contributed by atoms with Gasteiger partial charge in [-0.15, -0.1) is 0 Å². The first kappa shape index (κ1) is 21.5. The van der Waals surface area contributed by atoms with Gasteiger partial charge in [0, 0.05) is 5.54 Å². The van der Waals surface area contributed by atoms with E-state index in [0.717, 1.165) is 24.8 Å². The number of rotatable bonds is 7. The van der Waals surface area contributed by atoms with Gasteiger partial charge in [0.25, 0.3) is 10.0 Å². The highest BCUT2D eigenvalue weighted by atomic mass is 32.2. The quantitative estimate of drug-likeness (QED) is 0.671. The van der Waals surface area contributed by atoms with E-state index in [4.69, 9.17) is 0 Å². The van der Waals surface area contributed by atoms with Crippen LogP contribution in [0.3, 0.4) is 0 Å². The molecule has 6 heteroatoms. The Morgan fingerprint density at radius 3 is 2.09 bits per heavy atom. The van der Waals surface area contributed by atoms with Crippen LogP contribution in [-0.2, 0) is 21.2 Å². The first-order valence-electron chi connectivity index (χ1n) is 11.9. The minimum Gasteiger partial charge on any atom is -0.349 e. The second-order valence-corrected chi connectivity index (χ2v) is 11.9. The number of carbonyl (C=O) groups is 1. The molecule has 1 N–H and O–H groups in total. The summed E-state index contributed by atoms with van der Waals surface area (Å²) in [6, 6.07) is 15.9. The van der Waals surface area contributed by atoms with Gasteiger partial charge < -0.3 is 5.32 Å². The lowest BCUT2D eigenvalue weighted by Crippen LogP contribution is -2.61. The van der Waals surface area contributed by atoms with Gasteiger partial charge in [-0.2, -0.15) is 0 Å². The lowest BCUT2D eigenvalue weighted by Gasteiger charge is -2.57. The maximum absolute atomic E-state index is 13.6. The minimum atomic E-state index is -3.88. The van der Waals surface area contributed by atoms with Crippen molar-refractivity contribution >= 4 is 21.6 Å². The van der Waals surface area contributed by atoms with Crippen molar-refractivity contribution in [1.82, 2.24) is 5.32 Å². The Hall–Kier alpha value is -2.34. The molecule has 0 aliphatic heterocycles. The number of hydrogen-bond acceptors (Lipinski definition) is 3. The van der Waals surface area contributed by atoms with Crippen molar-refractivity contribution in [2.45, 2.75) is 62.3 Å². The Bertz CT molecular complexity index is 1060. The Balaban J connectivity index is 1.44. The van der Waals surface area contributed by atoms with Crippen LogP contribution in [0.4, 0.5) is 5.69 Å². The number of benzene rings is 2. The van der Waals surface area contributed by atoms with Gasteiger partial charge in [-0.1, -0.05) is 43.3 Å². The Morgan fingerprint density at radius 2 is 1.50 bits per heavy atom. The highest BCUT2D eigenvalue weighted by Gasteiger charge is 2.51. The maximum atomic E-state index is 13.6. The van der Waals surface area contributed by atoms with Crippen molar-refractivity contribution in [2.24, 2.45) is 17.8 Å². The summed E-state index contributed by atoms with van der Waals surface area (Å²) in [5, 5.41) is 3.34. The number of para-hydroxylation sites is 1. The van der Waals surface area contributed by atoms with Crippen LogP contribution in [0.2, 0.25) is 0 Å². The highest BCUT2D eigenvalue weighted by molar-refractivity contribution is 7.92. The molecule has 0 unspecified atom stereocenters. The molecule has 2 aromatic carbocycles. The zero-order chi connectivity index (χ0) is 22.3. The summed E-state index contributed by atoms with van der Waals surface area (Å²) in [6.07, 6.45) is 7.72. The summed E-state index contributed by atoms with van der Waals surface area (Å²) in [5.74, 6) is 1.95. The molecule has 4 saturated carbocycles. The van der Waals surface area contributed by atoms with Crippen LogP contribution in [-0.4, -0.2) is 26.4 Å². The van der Waals surface area contributed by atoms with Gasteiger partial charge in [-0.25, -0.2) is 8.42 Å². The van der Waals surface area contributed by atoms with Crippen molar-refractivity contribution in [2.75, 3.05) is 10.8 Å². The predicted molar refractivity (Wildman–Crippen MR) is 126 cm³/mol. The number of amides is 1. The molecule has 4 fully saturated rings. The monoisotopic (exact) mass is 452 g/mol. The average molecular weight is 453 g/mol. The molecule has 2 aromatic rings. The molecule has 5 nitrogen and oxygen atoms in total. The van der Waals surface area contributed by atoms with Crippen molar-refractivity contribution < 1.29 is 13.2 Å². The highest BCUT2D eigenvalue weighted by Crippen LogP contribution is 2.55. The average Bonchev–Trinajstić information content (AvgIpc) is 2.76. The molecule has 4 aliphatic rings. The second-order valence-electron chi connectivity index (χ2n) is 10.1. The maximum Gasteiger partial charge on any atom is 0.264 e. The molecule has 0 saturated heterocycles. The molecule has 0 heterocycles. The van der Waals surface area contributed by atoms with Crippen molar-refractivity contribution in [3.05, 3.63) is 60.2 Å². The topological polar surface area (TPSA) is 66.5 Å². The lowest BCUT2D eigenvalue weighted by molar-refractivity contribution is -0.125. The first-order valence-corrected chi connectivity index (χ1v) is 13.3. The summed E-state index contributed by atoms with van der Waals surface area (Å²) in [5.41, 5.74) is 1.35. The number of nitrogens with one attached hydrogen (secondary N) is 1. The second kappa shape index (κ2) is 8.22. The summed E-state index contributed by atoms with van der Waals surface area (Å²) in [4.78, 5) is 13.6. The van der Waals surface area contributed by atoms with Gasteiger partial charge in [0.15, 0.2) is 0 Å². The number of hydrogen-bond donors (Lipinski definition) is 1. The van der Waals surface area contributed by atoms with E-state index in [1.165, 1.54) is 23.6 Å². The van der Waals surface area contributed by atoms with Gasteiger partial charge in [-0.05, 0) is 86.5 Å². The van der Waals surface area contributed by atoms with E-state index in [1.54, 1.807) is 36.4 Å². The molecule has 4 aliphatic carbocycles. The predicted octanol–water partition coefficient (Wildman–Crippen LogP) is 4.53. The molecule has 6 rings (SSSR count). The van der Waals surface area contributed by atoms with Crippen LogP contribution in [0.15, 0.2) is 59.5 Å². The van der Waals surface area contributed by atoms with Gasteiger partial charge in [-0.3, -0.25) is 9.10 Å². The first-order chi connectivity index (χ1) is 15.4. The van der Waals surface area contributed by atoms with Crippen LogP contribution in [0.25, 0.3) is 0 Å². The number of anilines is 1. The van der Waals surface area contributed by atoms with E-state index < -0.39 is 10.0 Å². The minimum absolute atomic E-state index is 0.141. The standard InChI is InChI=1S/C26H32N2O3S/c1-2-22-8-6-7-11-24(22)28(32(30,31)23-9-4-3-5-10-23)18-25(29)27-26-15-19-12-20(16-26)14-21(13-19)17-26/h3-11,19-21H,2,12-18H2,1H3,(H,27,29). The Labute approximate surface area is 191 Å². The number of aryl methyl sites for hydroxylation is 1. The normalized spacial score (nSPS) is 28.5. The summed E-state index contributed by atoms with van der Waals surface area (Å²) >= 11 is 0. The summed E-state index contributed by atoms with van der Waals surface area (Å²) < 4.78 is 28.6. The fourth-order valence-corrected chi connectivity index (χ4v) is 8.28. The van der Waals surface area contributed by atoms with E-state index in [1.807, 2.05) is 25.1 Å². The van der Waals surface area contributed by atoms with Gasteiger partial charge in [0.05, 0.1) is 10.6 Å². The van der Waals surface area contributed by atoms with E-state index in [2.05, 4.69) is 5.32 Å². The smallest absolute Gasteiger partial charge is 0.264 e. The van der Waals surface area contributed by atoms with Crippen LogP contribution < -0.4 is 9.62 Å². The van der Waals surface area contributed by atoms with E-state index >= 15 is 0 Å². The van der Waals surface area contributed by atoms with Crippen molar-refractivity contribution in [3.8, 4) is 0 Å². The molecule has 0 radical (unpaired) electrons. The van der Waals surface area contributed by atoms with Crippen LogP contribution >= 0.6 is 0 Å². The van der Waals surface area contributed by atoms with E-state index in [-0.39, 0.29) is 22.9 Å². The third kappa shape index (κ3) is 3.94. The SMILES string of the molecule is CCc1ccccc1N(CC(=O)NC12CC3CC(CC(C3)C1)C2)S(=O)(=O)c1ccccc1. The van der Waals surface area contributed by atoms with Gasteiger partial charge in [0.2, 0.25) is 5.91 Å². The van der Waals surface area contributed by atoms with Gasteiger partial charge in [0.1, 0.15) is 6.54 Å². The largest absolute Gasteiger partial charge is 0.349 e. The Morgan fingerprint density at radius 1 is 0.938 bits per heavy atom. The number of sulfonamides is 1. The molecule has 170 valence electrons. The zero-order valence-corrected chi connectivity index (χ0v) is 19.5. The molecule has 1 amide bonds. The molecular weight excluding hydrogens is 420 g/mol. The molecule has 4 bridgehead atoms. The number of carbonyl (C=O) groups excluding carboxylic acids is 1. The third-order valence-electron chi connectivity index (χ3n) is 7.70. The molecule has 0 atom stereocenters. The molecule has 0 spiro atoms. The number of nitrogens with zero attached hydrogens (tertiary/aromatic N) is 1. The van der Waals surface area contributed by atoms with Crippen LogP contribution in [0, 0.1) is 17.8 Å². The van der Waals surface area contributed by atoms with E-state index in [9.17, 15) is 13.2 Å². The van der Waals surface area contributed by atoms with Gasteiger partial charge >= 0.3 is 0 Å². The summed E-state index contributed by atoms with van der Waals surface area (Å²) in [7, 11) is -3.88. The van der Waals surface area contributed by atoms with Crippen LogP contribution in [0.1, 0.15) is 51.0 Å². The van der Waals surface area contributed by atoms with Crippen LogP contribution in [0.5, 0.6) is 0 Å². The summed E-state index contributed by atoms with van der Waals surface area (Å²) in [6.45, 7) is 1.80. The Kier molecular flexibility index (Phi) is 5.52. The van der Waals surface area contributed by atoms with Crippen molar-refractivity contribution in [3.63, 3.8) is 0 Å². The zero-order valence-electron chi connectivity index (χ0n) is 18.7. The third-order valence-corrected chi connectivity index (χ3v) is 9.48. The fraction of sp³-hybridized carbons (Fsp3) is 0.500. The molecule has 32 heavy (non-hydrogen) atoms.